The summed E-state index contributed by atoms with van der Waals surface area (Å²) in [5.41, 5.74) is 6.68. The lowest BCUT2D eigenvalue weighted by Gasteiger charge is -2.38. The standard InChI is InChI=1S/C27H32ClNO3/c1-18-21(14-29-15-22(16-29)26(30)31)7-6-20-12-24(10-11-25(18)20)32-17-27(2,3)13-19-4-8-23(28)9-5-19/h4-5,8-12,22H,6-7,13-17H2,1-3H3,(H,30,31). The Hall–Kier alpha value is -2.30. The zero-order valence-electron chi connectivity index (χ0n) is 19.2. The molecule has 0 saturated carbocycles. The van der Waals surface area contributed by atoms with Gasteiger partial charge in [-0.2, -0.15) is 0 Å². The van der Waals surface area contributed by atoms with Gasteiger partial charge < -0.3 is 9.84 Å². The Morgan fingerprint density at radius 3 is 2.56 bits per heavy atom. The topological polar surface area (TPSA) is 49.8 Å². The molecule has 1 aliphatic carbocycles. The number of rotatable bonds is 8. The second kappa shape index (κ2) is 9.29. The van der Waals surface area contributed by atoms with Gasteiger partial charge in [0.05, 0.1) is 12.5 Å². The summed E-state index contributed by atoms with van der Waals surface area (Å²) in [5.74, 6) is 0.0523. The fourth-order valence-corrected chi connectivity index (χ4v) is 4.83. The smallest absolute Gasteiger partial charge is 0.309 e. The van der Waals surface area contributed by atoms with E-state index in [9.17, 15) is 4.79 Å². The minimum absolute atomic E-state index is 0.0117. The molecular weight excluding hydrogens is 422 g/mol. The average molecular weight is 454 g/mol. The largest absolute Gasteiger partial charge is 0.493 e. The SMILES string of the molecule is CC1=C(CN2CC(C(=O)O)C2)CCc2cc(OCC(C)(C)Cc3ccc(Cl)cc3)ccc21. The van der Waals surface area contributed by atoms with Crippen LogP contribution in [0.1, 0.15) is 43.9 Å². The molecule has 0 atom stereocenters. The lowest BCUT2D eigenvalue weighted by Crippen LogP contribution is -2.50. The molecule has 170 valence electrons. The summed E-state index contributed by atoms with van der Waals surface area (Å²) in [7, 11) is 0. The number of aryl methyl sites for hydroxylation is 1. The molecule has 0 radical (unpaired) electrons. The monoisotopic (exact) mass is 453 g/mol. The van der Waals surface area contributed by atoms with Crippen molar-refractivity contribution in [2.45, 2.75) is 40.0 Å². The summed E-state index contributed by atoms with van der Waals surface area (Å²) >= 11 is 6.00. The maximum absolute atomic E-state index is 11.0. The Balaban J connectivity index is 1.36. The van der Waals surface area contributed by atoms with Crippen LogP contribution < -0.4 is 4.74 Å². The third kappa shape index (κ3) is 5.36. The first kappa shape index (κ1) is 22.9. The molecule has 2 aromatic carbocycles. The van der Waals surface area contributed by atoms with Crippen molar-refractivity contribution in [1.29, 1.82) is 0 Å². The highest BCUT2D eigenvalue weighted by atomic mass is 35.5. The minimum atomic E-state index is -0.676. The fourth-order valence-electron chi connectivity index (χ4n) is 4.70. The molecule has 0 aromatic heterocycles. The Kier molecular flexibility index (Phi) is 6.64. The summed E-state index contributed by atoms with van der Waals surface area (Å²) in [4.78, 5) is 13.3. The van der Waals surface area contributed by atoms with Crippen molar-refractivity contribution in [3.8, 4) is 5.75 Å². The molecule has 2 aliphatic rings. The third-order valence-electron chi connectivity index (χ3n) is 6.65. The van der Waals surface area contributed by atoms with Crippen LogP contribution in [-0.2, 0) is 17.6 Å². The zero-order chi connectivity index (χ0) is 22.9. The third-order valence-corrected chi connectivity index (χ3v) is 6.91. The van der Waals surface area contributed by atoms with E-state index in [4.69, 9.17) is 21.4 Å². The van der Waals surface area contributed by atoms with Crippen molar-refractivity contribution in [2.24, 2.45) is 11.3 Å². The van der Waals surface area contributed by atoms with Crippen LogP contribution in [0.2, 0.25) is 5.02 Å². The molecule has 5 heteroatoms. The molecule has 0 bridgehead atoms. The summed E-state index contributed by atoms with van der Waals surface area (Å²) in [6.07, 6.45) is 2.96. The molecule has 4 nitrogen and oxygen atoms in total. The van der Waals surface area contributed by atoms with Gasteiger partial charge in [0.15, 0.2) is 0 Å². The zero-order valence-corrected chi connectivity index (χ0v) is 19.9. The molecule has 1 fully saturated rings. The average Bonchev–Trinajstić information content (AvgIpc) is 2.71. The highest BCUT2D eigenvalue weighted by Gasteiger charge is 2.33. The van der Waals surface area contributed by atoms with Crippen molar-refractivity contribution in [3.63, 3.8) is 0 Å². The highest BCUT2D eigenvalue weighted by molar-refractivity contribution is 6.30. The molecule has 32 heavy (non-hydrogen) atoms. The second-order valence-electron chi connectivity index (χ2n) is 10.0. The quantitative estimate of drug-likeness (QED) is 0.555. The normalized spacial score (nSPS) is 17.1. The number of halogens is 1. The van der Waals surface area contributed by atoms with Gasteiger partial charge in [0.2, 0.25) is 0 Å². The van der Waals surface area contributed by atoms with Crippen LogP contribution in [0.3, 0.4) is 0 Å². The summed E-state index contributed by atoms with van der Waals surface area (Å²) < 4.78 is 6.21. The summed E-state index contributed by atoms with van der Waals surface area (Å²) in [6, 6.07) is 14.5. The number of carboxylic acids is 1. The maximum Gasteiger partial charge on any atom is 0.309 e. The Labute approximate surface area is 195 Å². The van der Waals surface area contributed by atoms with Crippen molar-refractivity contribution in [1.82, 2.24) is 4.90 Å². The predicted octanol–water partition coefficient (Wildman–Crippen LogP) is 5.72. The van der Waals surface area contributed by atoms with E-state index < -0.39 is 5.97 Å². The lowest BCUT2D eigenvalue weighted by atomic mass is 9.85. The van der Waals surface area contributed by atoms with Gasteiger partial charge in [0, 0.05) is 30.1 Å². The molecule has 0 spiro atoms. The molecule has 1 N–H and O–H groups in total. The number of hydrogen-bond acceptors (Lipinski definition) is 3. The molecule has 1 aliphatic heterocycles. The van der Waals surface area contributed by atoms with Crippen molar-refractivity contribution < 1.29 is 14.6 Å². The summed E-state index contributed by atoms with van der Waals surface area (Å²) in [5, 5.41) is 9.85. The number of nitrogens with zero attached hydrogens (tertiary/aromatic N) is 1. The van der Waals surface area contributed by atoms with E-state index >= 15 is 0 Å². The molecule has 0 amide bonds. The van der Waals surface area contributed by atoms with Crippen LogP contribution >= 0.6 is 11.6 Å². The van der Waals surface area contributed by atoms with Gasteiger partial charge in [-0.05, 0) is 72.7 Å². The van der Waals surface area contributed by atoms with E-state index in [0.29, 0.717) is 19.7 Å². The van der Waals surface area contributed by atoms with Crippen molar-refractivity contribution in [3.05, 3.63) is 69.8 Å². The van der Waals surface area contributed by atoms with E-state index in [1.165, 1.54) is 27.8 Å². The predicted molar refractivity (Wildman–Crippen MR) is 129 cm³/mol. The van der Waals surface area contributed by atoms with Gasteiger partial charge in [-0.3, -0.25) is 9.69 Å². The number of hydrogen-bond donors (Lipinski definition) is 1. The van der Waals surface area contributed by atoms with Gasteiger partial charge in [-0.25, -0.2) is 0 Å². The van der Waals surface area contributed by atoms with Gasteiger partial charge in [0.25, 0.3) is 0 Å². The van der Waals surface area contributed by atoms with E-state index in [2.05, 4.69) is 56.0 Å². The first-order valence-corrected chi connectivity index (χ1v) is 11.7. The van der Waals surface area contributed by atoms with E-state index in [1.807, 2.05) is 12.1 Å². The number of fused-ring (bicyclic) bond motifs is 1. The number of ether oxygens (including phenoxy) is 1. The maximum atomic E-state index is 11.0. The molecular formula is C27H32ClNO3. The Bertz CT molecular complexity index is 1020. The van der Waals surface area contributed by atoms with Crippen LogP contribution in [0, 0.1) is 11.3 Å². The lowest BCUT2D eigenvalue weighted by molar-refractivity contribution is -0.147. The van der Waals surface area contributed by atoms with Crippen LogP contribution in [0.25, 0.3) is 5.57 Å². The first-order chi connectivity index (χ1) is 15.2. The fraction of sp³-hybridized carbons (Fsp3) is 0.444. The van der Waals surface area contributed by atoms with E-state index in [-0.39, 0.29) is 11.3 Å². The first-order valence-electron chi connectivity index (χ1n) is 11.3. The van der Waals surface area contributed by atoms with Gasteiger partial charge >= 0.3 is 5.97 Å². The summed E-state index contributed by atoms with van der Waals surface area (Å²) in [6.45, 7) is 9.50. The Morgan fingerprint density at radius 1 is 1.16 bits per heavy atom. The number of allylic oxidation sites excluding steroid dienone is 1. The highest BCUT2D eigenvalue weighted by Crippen LogP contribution is 2.35. The molecule has 0 unspecified atom stereocenters. The van der Waals surface area contributed by atoms with Gasteiger partial charge in [-0.15, -0.1) is 0 Å². The number of likely N-dealkylation sites (tertiary alicyclic amines) is 1. The van der Waals surface area contributed by atoms with Crippen LogP contribution in [-0.4, -0.2) is 42.2 Å². The van der Waals surface area contributed by atoms with Gasteiger partial charge in [0.1, 0.15) is 5.75 Å². The number of carboxylic acid groups (broad SMARTS) is 1. The van der Waals surface area contributed by atoms with Gasteiger partial charge in [-0.1, -0.05) is 49.2 Å². The number of aliphatic carboxylic acids is 1. The number of benzene rings is 2. The van der Waals surface area contributed by atoms with Crippen LogP contribution in [0.15, 0.2) is 48.0 Å². The second-order valence-corrected chi connectivity index (χ2v) is 10.5. The van der Waals surface area contributed by atoms with Crippen LogP contribution in [0.5, 0.6) is 5.75 Å². The Morgan fingerprint density at radius 2 is 1.88 bits per heavy atom. The minimum Gasteiger partial charge on any atom is -0.493 e. The molecule has 4 rings (SSSR count). The molecule has 1 heterocycles. The van der Waals surface area contributed by atoms with E-state index in [0.717, 1.165) is 36.6 Å². The number of carbonyl (C=O) groups is 1. The van der Waals surface area contributed by atoms with E-state index in [1.54, 1.807) is 0 Å². The van der Waals surface area contributed by atoms with Crippen molar-refractivity contribution in [2.75, 3.05) is 26.2 Å². The molecule has 1 saturated heterocycles. The van der Waals surface area contributed by atoms with Crippen LogP contribution in [0.4, 0.5) is 0 Å². The van der Waals surface area contributed by atoms with Crippen molar-refractivity contribution >= 4 is 23.1 Å². The molecule has 2 aromatic rings.